The molecule has 0 unspecified atom stereocenters. The summed E-state index contributed by atoms with van der Waals surface area (Å²) in [5.41, 5.74) is 23.1. The second kappa shape index (κ2) is 19.3. The highest BCUT2D eigenvalue weighted by molar-refractivity contribution is 5.97. The van der Waals surface area contributed by atoms with Gasteiger partial charge in [0.2, 0.25) is 29.5 Å². The first-order valence-corrected chi connectivity index (χ1v) is 17.2. The van der Waals surface area contributed by atoms with Crippen molar-refractivity contribution in [2.45, 2.75) is 62.7 Å². The number of aliphatic imine (C=N–C) groups is 2. The maximum absolute atomic E-state index is 14.1. The zero-order valence-electron chi connectivity index (χ0n) is 29.2. The predicted molar refractivity (Wildman–Crippen MR) is 200 cm³/mol. The first-order chi connectivity index (χ1) is 25.4. The number of carbonyl (C=O) groups excluding carboxylic acids is 5. The van der Waals surface area contributed by atoms with Crippen LogP contribution in [0.5, 0.6) is 5.75 Å². The van der Waals surface area contributed by atoms with Crippen molar-refractivity contribution >= 4 is 52.2 Å². The van der Waals surface area contributed by atoms with Gasteiger partial charge in [-0.1, -0.05) is 54.6 Å². The monoisotopic (exact) mass is 729 g/mol. The van der Waals surface area contributed by atoms with Crippen LogP contribution in [-0.2, 0) is 36.8 Å². The minimum atomic E-state index is -1.20. The number of phenols is 1. The smallest absolute Gasteiger partial charge is 0.243 e. The Morgan fingerprint density at radius 2 is 1.09 bits per heavy atom. The van der Waals surface area contributed by atoms with Gasteiger partial charge in [0, 0.05) is 25.9 Å². The Hall–Kier alpha value is -6.39. The normalized spacial score (nSPS) is 20.0. The van der Waals surface area contributed by atoms with Gasteiger partial charge >= 0.3 is 0 Å². The Kier molecular flexibility index (Phi) is 14.3. The van der Waals surface area contributed by atoms with Gasteiger partial charge in [-0.25, -0.2) is 0 Å². The number of aromatic hydroxyl groups is 1. The van der Waals surface area contributed by atoms with Gasteiger partial charge in [-0.2, -0.15) is 0 Å². The van der Waals surface area contributed by atoms with E-state index in [2.05, 4.69) is 36.6 Å². The number of nitrogens with two attached hydrogens (primary N) is 4. The number of benzene rings is 3. The third-order valence-corrected chi connectivity index (χ3v) is 8.49. The second-order valence-corrected chi connectivity index (χ2v) is 12.7. The molecule has 1 saturated heterocycles. The lowest BCUT2D eigenvalue weighted by atomic mass is 9.99. The molecule has 4 rings (SSSR count). The van der Waals surface area contributed by atoms with E-state index >= 15 is 0 Å². The fraction of sp³-hybridized carbons (Fsp3) is 0.361. The summed E-state index contributed by atoms with van der Waals surface area (Å²) in [5, 5.41) is 25.1. The molecule has 4 atom stereocenters. The Balaban J connectivity index is 1.70. The molecule has 14 N–H and O–H groups in total. The van der Waals surface area contributed by atoms with E-state index in [1.54, 1.807) is 12.1 Å². The fourth-order valence-electron chi connectivity index (χ4n) is 5.79. The molecule has 1 fully saturated rings. The topological polar surface area (TPSA) is 295 Å². The highest BCUT2D eigenvalue weighted by Gasteiger charge is 2.32. The Morgan fingerprint density at radius 1 is 0.604 bits per heavy atom. The van der Waals surface area contributed by atoms with Crippen LogP contribution in [0.3, 0.4) is 0 Å². The molecular formula is C36H47N11O6. The van der Waals surface area contributed by atoms with Crippen molar-refractivity contribution in [2.24, 2.45) is 32.9 Å². The van der Waals surface area contributed by atoms with E-state index in [9.17, 15) is 29.1 Å². The molecule has 3 aromatic carbocycles. The zero-order chi connectivity index (χ0) is 38.3. The standard InChI is InChI=1S/C36H47N11O6/c37-35(38)41-15-3-7-26-32(51)45-27(8-4-16-42-36(39)40)33(52)47-29(19-22-9-12-23-5-1-2-6-24(23)17-22)34(53)46-28(31(50)43-20-30(49)44-26)18-21-10-13-25(48)14-11-21/h1-2,5-6,9-14,17,26-29,48H,3-4,7-8,15-16,18-20H2,(H,43,50)(H,44,49)(H,45,51)(H,46,53)(H,47,52)(H4,37,38,41)(H4,39,40,42)/t26-,27-,28-,29+/m0/s1. The van der Waals surface area contributed by atoms with Gasteiger partial charge in [-0.15, -0.1) is 0 Å². The van der Waals surface area contributed by atoms with Gasteiger partial charge in [0.25, 0.3) is 0 Å². The van der Waals surface area contributed by atoms with E-state index in [0.29, 0.717) is 12.0 Å². The third-order valence-electron chi connectivity index (χ3n) is 8.49. The molecule has 1 aliphatic heterocycles. The van der Waals surface area contributed by atoms with Crippen molar-refractivity contribution < 1.29 is 29.1 Å². The van der Waals surface area contributed by atoms with Gasteiger partial charge in [-0.05, 0) is 59.7 Å². The third kappa shape index (κ3) is 12.7. The first-order valence-electron chi connectivity index (χ1n) is 17.2. The molecule has 0 aliphatic carbocycles. The number of hydrogen-bond acceptors (Lipinski definition) is 8. The van der Waals surface area contributed by atoms with Gasteiger partial charge in [0.05, 0.1) is 6.54 Å². The van der Waals surface area contributed by atoms with Gasteiger partial charge in [0.1, 0.15) is 29.9 Å². The van der Waals surface area contributed by atoms with Crippen molar-refractivity contribution in [3.63, 3.8) is 0 Å². The molecule has 1 aliphatic rings. The lowest BCUT2D eigenvalue weighted by Crippen LogP contribution is -2.58. The van der Waals surface area contributed by atoms with Crippen LogP contribution in [0, 0.1) is 0 Å². The molecule has 53 heavy (non-hydrogen) atoms. The molecule has 17 nitrogen and oxygen atoms in total. The zero-order valence-corrected chi connectivity index (χ0v) is 29.2. The number of rotatable bonds is 12. The number of fused-ring (bicyclic) bond motifs is 1. The maximum Gasteiger partial charge on any atom is 0.243 e. The summed E-state index contributed by atoms with van der Waals surface area (Å²) in [4.78, 5) is 76.4. The highest BCUT2D eigenvalue weighted by atomic mass is 16.3. The van der Waals surface area contributed by atoms with E-state index in [1.807, 2.05) is 42.5 Å². The molecule has 3 aromatic rings. The van der Waals surface area contributed by atoms with E-state index in [-0.39, 0.29) is 62.9 Å². The molecule has 0 saturated carbocycles. The minimum Gasteiger partial charge on any atom is -0.508 e. The van der Waals surface area contributed by atoms with Crippen LogP contribution in [0.15, 0.2) is 76.7 Å². The average molecular weight is 730 g/mol. The molecule has 0 bridgehead atoms. The molecule has 1 heterocycles. The van der Waals surface area contributed by atoms with Crippen LogP contribution in [0.2, 0.25) is 0 Å². The summed E-state index contributed by atoms with van der Waals surface area (Å²) < 4.78 is 0. The summed E-state index contributed by atoms with van der Waals surface area (Å²) in [6.45, 7) is -0.184. The van der Waals surface area contributed by atoms with Gasteiger partial charge in [0.15, 0.2) is 11.9 Å². The van der Waals surface area contributed by atoms with Crippen LogP contribution in [0.25, 0.3) is 10.8 Å². The largest absolute Gasteiger partial charge is 0.508 e. The van der Waals surface area contributed by atoms with Crippen LogP contribution < -0.4 is 49.5 Å². The van der Waals surface area contributed by atoms with Crippen molar-refractivity contribution in [2.75, 3.05) is 19.6 Å². The van der Waals surface area contributed by atoms with Gasteiger partial charge < -0.3 is 54.6 Å². The van der Waals surface area contributed by atoms with Crippen molar-refractivity contribution in [3.8, 4) is 5.75 Å². The molecule has 0 spiro atoms. The predicted octanol–water partition coefficient (Wildman–Crippen LogP) is -1.49. The first kappa shape index (κ1) is 39.4. The van der Waals surface area contributed by atoms with E-state index in [1.165, 1.54) is 12.1 Å². The van der Waals surface area contributed by atoms with Crippen LogP contribution in [-0.4, -0.2) is 90.4 Å². The van der Waals surface area contributed by atoms with Crippen molar-refractivity contribution in [3.05, 3.63) is 77.9 Å². The summed E-state index contributed by atoms with van der Waals surface area (Å²) in [5.74, 6) is -3.65. The Bertz CT molecular complexity index is 1820. The number of phenolic OH excluding ortho intramolecular Hbond substituents is 1. The molecule has 0 radical (unpaired) electrons. The molecular weight excluding hydrogens is 682 g/mol. The number of guanidine groups is 2. The van der Waals surface area contributed by atoms with Gasteiger partial charge in [-0.3, -0.25) is 34.0 Å². The number of hydrogen-bond donors (Lipinski definition) is 10. The van der Waals surface area contributed by atoms with E-state index in [0.717, 1.165) is 16.3 Å². The Labute approximate surface area is 306 Å². The Morgan fingerprint density at radius 3 is 1.70 bits per heavy atom. The quantitative estimate of drug-likeness (QED) is 0.0585. The van der Waals surface area contributed by atoms with E-state index < -0.39 is 60.2 Å². The summed E-state index contributed by atoms with van der Waals surface area (Å²) in [6, 6.07) is 14.7. The molecule has 0 aromatic heterocycles. The van der Waals surface area contributed by atoms with Crippen LogP contribution >= 0.6 is 0 Å². The number of nitrogens with zero attached hydrogens (tertiary/aromatic N) is 2. The average Bonchev–Trinajstić information content (AvgIpc) is 3.12. The fourth-order valence-corrected chi connectivity index (χ4v) is 5.79. The summed E-state index contributed by atoms with van der Waals surface area (Å²) in [7, 11) is 0. The van der Waals surface area contributed by atoms with Crippen molar-refractivity contribution in [1.82, 2.24) is 26.6 Å². The highest BCUT2D eigenvalue weighted by Crippen LogP contribution is 2.18. The minimum absolute atomic E-state index is 0.00299. The second-order valence-electron chi connectivity index (χ2n) is 12.7. The number of carbonyl (C=O) groups is 5. The summed E-state index contributed by atoms with van der Waals surface area (Å²) in [6.07, 6.45) is 0.794. The molecule has 282 valence electrons. The summed E-state index contributed by atoms with van der Waals surface area (Å²) >= 11 is 0. The number of nitrogens with one attached hydrogen (secondary N) is 5. The van der Waals surface area contributed by atoms with Crippen LogP contribution in [0.4, 0.5) is 0 Å². The van der Waals surface area contributed by atoms with Crippen LogP contribution in [0.1, 0.15) is 36.8 Å². The van der Waals surface area contributed by atoms with Crippen molar-refractivity contribution in [1.29, 1.82) is 0 Å². The maximum atomic E-state index is 14.1. The SMILES string of the molecule is NC(N)=NCCC[C@@H]1NC(=O)CNC(=O)[C@H](Cc2ccc(O)cc2)NC(=O)[C@@H](Cc2ccc3ccccc3c2)NC(=O)[C@H](CCCN=C(N)N)NC1=O. The van der Waals surface area contributed by atoms with E-state index in [4.69, 9.17) is 22.9 Å². The molecule has 17 heteroatoms. The number of amides is 5. The molecule has 5 amide bonds. The lowest BCUT2D eigenvalue weighted by molar-refractivity contribution is -0.134. The lowest BCUT2D eigenvalue weighted by Gasteiger charge is -2.26.